The summed E-state index contributed by atoms with van der Waals surface area (Å²) in [6.07, 6.45) is -19.3. The van der Waals surface area contributed by atoms with Crippen LogP contribution in [0, 0.1) is 6.92 Å². The Balaban J connectivity index is 1.49. The number of carbonyl (C=O) groups excluding carboxylic acids is 2. The maximum Gasteiger partial charge on any atom is 0.340 e. The molecule has 10 N–H and O–H groups in total. The normalized spacial score (nSPS) is 34.1. The number of aryl methyl sites for hydroxylation is 1. The van der Waals surface area contributed by atoms with Crippen molar-refractivity contribution in [1.82, 2.24) is 0 Å². The van der Waals surface area contributed by atoms with Crippen LogP contribution in [0.4, 0.5) is 0 Å². The van der Waals surface area contributed by atoms with Crippen LogP contribution in [0.5, 0.6) is 17.2 Å². The first-order valence-corrected chi connectivity index (χ1v) is 15.1. The van der Waals surface area contributed by atoms with E-state index in [4.69, 9.17) is 18.9 Å². The van der Waals surface area contributed by atoms with Crippen LogP contribution < -0.4 is 4.74 Å². The number of esters is 1. The Kier molecular flexibility index (Phi) is 9.14. The van der Waals surface area contributed by atoms with E-state index in [0.29, 0.717) is 5.56 Å². The van der Waals surface area contributed by atoms with E-state index in [1.165, 1.54) is 43.3 Å². The summed E-state index contributed by atoms with van der Waals surface area (Å²) in [6.45, 7) is 0.695. The highest BCUT2D eigenvalue weighted by Gasteiger charge is 2.59. The number of aliphatic hydroxyl groups excluding tert-OH is 7. The van der Waals surface area contributed by atoms with Crippen LogP contribution in [-0.2, 0) is 19.8 Å². The lowest BCUT2D eigenvalue weighted by atomic mass is 9.68. The van der Waals surface area contributed by atoms with Gasteiger partial charge < -0.3 is 70.0 Å². The maximum atomic E-state index is 14.1. The molecule has 0 saturated carbocycles. The molecule has 1 aliphatic carbocycles. The number of hydrogen-bond donors (Lipinski definition) is 10. The van der Waals surface area contributed by atoms with Crippen LogP contribution >= 0.6 is 0 Å². The molecule has 16 nitrogen and oxygen atoms in total. The zero-order valence-corrected chi connectivity index (χ0v) is 25.6. The molecule has 0 amide bonds. The Labute approximate surface area is 277 Å². The Morgan fingerprint density at radius 2 is 1.43 bits per heavy atom. The first-order valence-electron chi connectivity index (χ1n) is 15.1. The van der Waals surface area contributed by atoms with Gasteiger partial charge in [0.2, 0.25) is 18.4 Å². The number of phenolic OH excluding ortho intramolecular Hbond substituents is 2. The maximum absolute atomic E-state index is 14.1. The molecule has 0 aromatic heterocycles. The summed E-state index contributed by atoms with van der Waals surface area (Å²) in [6, 6.07) is 11.8. The molecule has 3 aliphatic rings. The minimum atomic E-state index is -2.80. The summed E-state index contributed by atoms with van der Waals surface area (Å²) in [5.41, 5.74) is -4.44. The Hall–Kier alpha value is -4.20. The third-order valence-electron chi connectivity index (χ3n) is 8.93. The lowest BCUT2D eigenvalue weighted by Crippen LogP contribution is -2.65. The highest BCUT2D eigenvalue weighted by Crippen LogP contribution is 2.52. The van der Waals surface area contributed by atoms with Crippen molar-refractivity contribution in [2.24, 2.45) is 0 Å². The standard InChI is InChI=1S/C33H34O16/c1-12-7-15-20(17(36)8-12)23(38)21-16(9-14(35)10-18(21)46-31-27(42)24(39)22(37)19(11-34)47-31)33(15,45)29-26(41)25(40)28(43)32(48-29)49-30(44)13-5-3-2-4-6-13/h2-10,19,22,24-29,31-32,34-37,39-43,45H,11H2,1H3/t19-,22-,24+,25?,26?,27-,28?,29-,31-,32?,33+/m1/s1. The predicted molar refractivity (Wildman–Crippen MR) is 160 cm³/mol. The van der Waals surface area contributed by atoms with Gasteiger partial charge in [-0.05, 0) is 36.8 Å². The van der Waals surface area contributed by atoms with E-state index in [0.717, 1.165) is 12.1 Å². The molecule has 0 spiro atoms. The van der Waals surface area contributed by atoms with Crippen molar-refractivity contribution in [1.29, 1.82) is 0 Å². The van der Waals surface area contributed by atoms with Crippen LogP contribution in [0.1, 0.15) is 43.0 Å². The van der Waals surface area contributed by atoms with E-state index in [1.807, 2.05) is 0 Å². The van der Waals surface area contributed by atoms with Crippen molar-refractivity contribution in [3.63, 3.8) is 0 Å². The first kappa shape index (κ1) is 34.7. The number of aromatic hydroxyl groups is 2. The molecule has 11 atom stereocenters. The van der Waals surface area contributed by atoms with E-state index in [9.17, 15) is 60.7 Å². The lowest BCUT2D eigenvalue weighted by Gasteiger charge is -2.49. The molecule has 2 aliphatic heterocycles. The largest absolute Gasteiger partial charge is 0.508 e. The topological polar surface area (TPSA) is 273 Å². The zero-order chi connectivity index (χ0) is 35.5. The average molecular weight is 687 g/mol. The van der Waals surface area contributed by atoms with Gasteiger partial charge in [0, 0.05) is 17.2 Å². The molecule has 0 radical (unpaired) electrons. The van der Waals surface area contributed by atoms with Crippen molar-refractivity contribution in [3.05, 3.63) is 88.0 Å². The number of carbonyl (C=O) groups is 2. The predicted octanol–water partition coefficient (Wildman–Crippen LogP) is -1.97. The Morgan fingerprint density at radius 3 is 2.10 bits per heavy atom. The molecule has 3 aromatic carbocycles. The lowest BCUT2D eigenvalue weighted by molar-refractivity contribution is -0.308. The number of fused-ring (bicyclic) bond motifs is 2. The van der Waals surface area contributed by atoms with Gasteiger partial charge in [0.05, 0.1) is 23.3 Å². The van der Waals surface area contributed by atoms with Crippen molar-refractivity contribution in [2.45, 2.75) is 73.9 Å². The molecule has 4 unspecified atom stereocenters. The molecule has 2 fully saturated rings. The fourth-order valence-corrected chi connectivity index (χ4v) is 6.44. The quantitative estimate of drug-likeness (QED) is 0.126. The summed E-state index contributed by atoms with van der Waals surface area (Å²) in [5.74, 6) is -3.90. The molecule has 6 rings (SSSR count). The first-order chi connectivity index (χ1) is 23.2. The summed E-state index contributed by atoms with van der Waals surface area (Å²) < 4.78 is 22.3. The van der Waals surface area contributed by atoms with Gasteiger partial charge in [0.25, 0.3) is 0 Å². The smallest absolute Gasteiger partial charge is 0.340 e. The van der Waals surface area contributed by atoms with Crippen LogP contribution in [-0.4, -0.2) is 131 Å². The highest BCUT2D eigenvalue weighted by molar-refractivity contribution is 6.16. The van der Waals surface area contributed by atoms with Crippen LogP contribution in [0.15, 0.2) is 54.6 Å². The summed E-state index contributed by atoms with van der Waals surface area (Å²) >= 11 is 0. The molecule has 0 bridgehead atoms. The second-order valence-corrected chi connectivity index (χ2v) is 12.2. The molecular formula is C33H34O16. The number of benzene rings is 3. The van der Waals surface area contributed by atoms with Crippen molar-refractivity contribution >= 4 is 11.8 Å². The van der Waals surface area contributed by atoms with Gasteiger partial charge in [0.15, 0.2) is 0 Å². The summed E-state index contributed by atoms with van der Waals surface area (Å²) in [7, 11) is 0. The molecule has 262 valence electrons. The van der Waals surface area contributed by atoms with E-state index in [1.54, 1.807) is 6.07 Å². The van der Waals surface area contributed by atoms with Gasteiger partial charge in [-0.2, -0.15) is 0 Å². The van der Waals surface area contributed by atoms with Crippen molar-refractivity contribution in [3.8, 4) is 17.2 Å². The zero-order valence-electron chi connectivity index (χ0n) is 25.6. The molecular weight excluding hydrogens is 652 g/mol. The van der Waals surface area contributed by atoms with Crippen LogP contribution in [0.2, 0.25) is 0 Å². The number of phenols is 2. The number of ether oxygens (including phenoxy) is 4. The molecule has 49 heavy (non-hydrogen) atoms. The highest BCUT2D eigenvalue weighted by atomic mass is 16.7. The number of ketones is 1. The molecule has 2 heterocycles. The number of aliphatic hydroxyl groups is 8. The van der Waals surface area contributed by atoms with Gasteiger partial charge in [-0.15, -0.1) is 0 Å². The number of hydrogen-bond acceptors (Lipinski definition) is 16. The second-order valence-electron chi connectivity index (χ2n) is 12.2. The number of rotatable bonds is 6. The minimum Gasteiger partial charge on any atom is -0.508 e. The van der Waals surface area contributed by atoms with Gasteiger partial charge >= 0.3 is 5.97 Å². The van der Waals surface area contributed by atoms with E-state index in [2.05, 4.69) is 0 Å². The SMILES string of the molecule is Cc1cc(O)c2c(c1)[C@@](O)([C@@H]1OC(OC(=O)c3ccccc3)C(O)C(O)C1O)c1cc(O)cc(O[C@@H]3O[C@H](CO)[C@@H](O)[C@H](O)[C@H]3O)c1C2=O. The van der Waals surface area contributed by atoms with Gasteiger partial charge in [-0.25, -0.2) is 4.79 Å². The summed E-state index contributed by atoms with van der Waals surface area (Å²) in [5, 5.41) is 108. The van der Waals surface area contributed by atoms with E-state index in [-0.39, 0.29) is 11.1 Å². The molecule has 16 heteroatoms. The fourth-order valence-electron chi connectivity index (χ4n) is 6.44. The Morgan fingerprint density at radius 1 is 0.796 bits per heavy atom. The van der Waals surface area contributed by atoms with Gasteiger partial charge in [0.1, 0.15) is 71.7 Å². The van der Waals surface area contributed by atoms with Gasteiger partial charge in [-0.1, -0.05) is 24.3 Å². The monoisotopic (exact) mass is 686 g/mol. The average Bonchev–Trinajstić information content (AvgIpc) is 3.07. The molecule has 3 aromatic rings. The summed E-state index contributed by atoms with van der Waals surface area (Å²) in [4.78, 5) is 27.0. The van der Waals surface area contributed by atoms with E-state index < -0.39 is 119 Å². The third-order valence-corrected chi connectivity index (χ3v) is 8.93. The Bertz CT molecular complexity index is 1750. The fraction of sp³-hybridized carbons (Fsp3) is 0.394. The van der Waals surface area contributed by atoms with Gasteiger partial charge in [-0.3, -0.25) is 4.79 Å². The minimum absolute atomic E-state index is 0.0357. The third kappa shape index (κ3) is 5.71. The molecule has 2 saturated heterocycles. The van der Waals surface area contributed by atoms with Crippen molar-refractivity contribution in [2.75, 3.05) is 6.61 Å². The van der Waals surface area contributed by atoms with Crippen molar-refractivity contribution < 1.29 is 79.6 Å². The van der Waals surface area contributed by atoms with Crippen LogP contribution in [0.3, 0.4) is 0 Å². The van der Waals surface area contributed by atoms with E-state index >= 15 is 0 Å². The van der Waals surface area contributed by atoms with Crippen LogP contribution in [0.25, 0.3) is 0 Å². The second kappa shape index (κ2) is 12.9.